The summed E-state index contributed by atoms with van der Waals surface area (Å²) < 4.78 is 1.55. The largest absolute Gasteiger partial charge is 0.355 e. The molecule has 7 nitrogen and oxygen atoms in total. The van der Waals surface area contributed by atoms with Gasteiger partial charge in [0.1, 0.15) is 11.9 Å². The smallest absolute Gasteiger partial charge is 0.291 e. The first-order valence-corrected chi connectivity index (χ1v) is 8.15. The number of nitrogens with one attached hydrogen (secondary N) is 2. The van der Waals surface area contributed by atoms with Gasteiger partial charge in [0.15, 0.2) is 0 Å². The zero-order valence-electron chi connectivity index (χ0n) is 13.8. The van der Waals surface area contributed by atoms with Gasteiger partial charge in [-0.3, -0.25) is 9.59 Å². The van der Waals surface area contributed by atoms with Crippen molar-refractivity contribution in [2.75, 3.05) is 6.54 Å². The van der Waals surface area contributed by atoms with Crippen molar-refractivity contribution in [2.24, 2.45) is 0 Å². The Kier molecular flexibility index (Phi) is 5.92. The SMILES string of the molecule is CCNC(=O)[C@@H](C)NC(=O)c1nc(CC)n(-c2ccccc2Cl)n1. The third-order valence-electron chi connectivity index (χ3n) is 3.37. The maximum Gasteiger partial charge on any atom is 0.291 e. The van der Waals surface area contributed by atoms with Crippen molar-refractivity contribution in [1.82, 2.24) is 25.4 Å². The van der Waals surface area contributed by atoms with Crippen LogP contribution < -0.4 is 10.6 Å². The van der Waals surface area contributed by atoms with Crippen molar-refractivity contribution in [3.63, 3.8) is 0 Å². The van der Waals surface area contributed by atoms with Crippen LogP contribution in [-0.4, -0.2) is 39.2 Å². The molecule has 0 aliphatic rings. The van der Waals surface area contributed by atoms with Gasteiger partial charge in [-0.1, -0.05) is 30.7 Å². The molecule has 1 heterocycles. The summed E-state index contributed by atoms with van der Waals surface area (Å²) >= 11 is 6.20. The van der Waals surface area contributed by atoms with Crippen LogP contribution in [-0.2, 0) is 11.2 Å². The monoisotopic (exact) mass is 349 g/mol. The molecular weight excluding hydrogens is 330 g/mol. The minimum atomic E-state index is -0.671. The number of aryl methyl sites for hydroxylation is 1. The van der Waals surface area contributed by atoms with Crippen molar-refractivity contribution in [2.45, 2.75) is 33.2 Å². The third kappa shape index (κ3) is 3.91. The number of carbonyl (C=O) groups is 2. The van der Waals surface area contributed by atoms with E-state index >= 15 is 0 Å². The normalized spacial score (nSPS) is 11.8. The van der Waals surface area contributed by atoms with Crippen molar-refractivity contribution >= 4 is 23.4 Å². The Labute approximate surface area is 145 Å². The summed E-state index contributed by atoms with van der Waals surface area (Å²) in [5, 5.41) is 10.00. The van der Waals surface area contributed by atoms with E-state index in [1.807, 2.05) is 26.0 Å². The summed E-state index contributed by atoms with van der Waals surface area (Å²) in [7, 11) is 0. The molecule has 2 aromatic rings. The molecule has 0 aliphatic heterocycles. The highest BCUT2D eigenvalue weighted by Gasteiger charge is 2.21. The standard InChI is InChI=1S/C16H20ClN5O2/c1-4-13-20-14(16(24)19-10(3)15(23)18-5-2)21-22(13)12-9-7-6-8-11(12)17/h6-10H,4-5H2,1-3H3,(H,18,23)(H,19,24)/t10-/m1/s1. The molecule has 0 saturated carbocycles. The number of rotatable bonds is 6. The Morgan fingerprint density at radius 1 is 1.29 bits per heavy atom. The molecule has 1 atom stereocenters. The third-order valence-corrected chi connectivity index (χ3v) is 3.69. The van der Waals surface area contributed by atoms with E-state index in [0.717, 1.165) is 0 Å². The Bertz CT molecular complexity index is 744. The Balaban J connectivity index is 2.25. The molecule has 0 spiro atoms. The molecule has 1 aromatic heterocycles. The molecule has 0 unspecified atom stereocenters. The van der Waals surface area contributed by atoms with Crippen LogP contribution in [0.4, 0.5) is 0 Å². The number of para-hydroxylation sites is 1. The first-order chi connectivity index (χ1) is 11.5. The highest BCUT2D eigenvalue weighted by Crippen LogP contribution is 2.20. The Morgan fingerprint density at radius 2 is 2.00 bits per heavy atom. The number of amides is 2. The van der Waals surface area contributed by atoms with Crippen LogP contribution in [0.1, 0.15) is 37.2 Å². The fourth-order valence-corrected chi connectivity index (χ4v) is 2.36. The van der Waals surface area contributed by atoms with Gasteiger partial charge in [-0.15, -0.1) is 5.10 Å². The second-order valence-electron chi connectivity index (χ2n) is 5.16. The van der Waals surface area contributed by atoms with Crippen LogP contribution in [0.25, 0.3) is 5.69 Å². The number of carbonyl (C=O) groups excluding carboxylic acids is 2. The average molecular weight is 350 g/mol. The lowest BCUT2D eigenvalue weighted by molar-refractivity contribution is -0.122. The molecule has 0 radical (unpaired) electrons. The molecule has 0 bridgehead atoms. The quantitative estimate of drug-likeness (QED) is 0.831. The summed E-state index contributed by atoms with van der Waals surface area (Å²) in [5.41, 5.74) is 0.652. The van der Waals surface area contributed by atoms with Gasteiger partial charge in [-0.2, -0.15) is 0 Å². The zero-order valence-corrected chi connectivity index (χ0v) is 14.6. The molecule has 0 saturated heterocycles. The van der Waals surface area contributed by atoms with Crippen LogP contribution in [0.5, 0.6) is 0 Å². The summed E-state index contributed by atoms with van der Waals surface area (Å²) in [6, 6.07) is 6.52. The van der Waals surface area contributed by atoms with Gasteiger partial charge in [0.2, 0.25) is 11.7 Å². The molecule has 8 heteroatoms. The minimum Gasteiger partial charge on any atom is -0.355 e. The summed E-state index contributed by atoms with van der Waals surface area (Å²) in [6.07, 6.45) is 0.581. The van der Waals surface area contributed by atoms with Crippen molar-refractivity contribution in [1.29, 1.82) is 0 Å². The lowest BCUT2D eigenvalue weighted by Crippen LogP contribution is -2.45. The van der Waals surface area contributed by atoms with E-state index in [2.05, 4.69) is 20.7 Å². The number of hydrogen-bond acceptors (Lipinski definition) is 4. The van der Waals surface area contributed by atoms with E-state index in [0.29, 0.717) is 29.5 Å². The minimum absolute atomic E-state index is 0.00270. The number of nitrogens with zero attached hydrogens (tertiary/aromatic N) is 3. The van der Waals surface area contributed by atoms with Gasteiger partial charge in [0.05, 0.1) is 10.7 Å². The van der Waals surface area contributed by atoms with E-state index in [4.69, 9.17) is 11.6 Å². The zero-order chi connectivity index (χ0) is 17.7. The van der Waals surface area contributed by atoms with Crippen LogP contribution in [0.3, 0.4) is 0 Å². The van der Waals surface area contributed by atoms with E-state index in [1.165, 1.54) is 0 Å². The fraction of sp³-hybridized carbons (Fsp3) is 0.375. The molecule has 0 aliphatic carbocycles. The van der Waals surface area contributed by atoms with E-state index in [1.54, 1.807) is 23.7 Å². The lowest BCUT2D eigenvalue weighted by Gasteiger charge is -2.11. The maximum absolute atomic E-state index is 12.3. The predicted molar refractivity (Wildman–Crippen MR) is 91.4 cm³/mol. The number of benzene rings is 1. The Hall–Kier alpha value is -2.41. The number of likely N-dealkylation sites (N-methyl/N-ethyl adjacent to an activating group) is 1. The molecule has 2 amide bonds. The summed E-state index contributed by atoms with van der Waals surface area (Å²) in [5.74, 6) is -0.150. The number of aromatic nitrogens is 3. The molecule has 0 fully saturated rings. The maximum atomic E-state index is 12.3. The summed E-state index contributed by atoms with van der Waals surface area (Å²) in [6.45, 7) is 5.83. The lowest BCUT2D eigenvalue weighted by atomic mass is 10.3. The number of hydrogen-bond donors (Lipinski definition) is 2. The van der Waals surface area contributed by atoms with Gasteiger partial charge in [-0.05, 0) is 26.0 Å². The second kappa shape index (κ2) is 7.92. The average Bonchev–Trinajstić information content (AvgIpc) is 2.99. The van der Waals surface area contributed by atoms with Crippen LogP contribution in [0.2, 0.25) is 5.02 Å². The van der Waals surface area contributed by atoms with Gasteiger partial charge in [0.25, 0.3) is 5.91 Å². The molecular formula is C16H20ClN5O2. The van der Waals surface area contributed by atoms with E-state index < -0.39 is 11.9 Å². The molecule has 128 valence electrons. The van der Waals surface area contributed by atoms with E-state index in [9.17, 15) is 9.59 Å². The van der Waals surface area contributed by atoms with Gasteiger partial charge in [-0.25, -0.2) is 9.67 Å². The van der Waals surface area contributed by atoms with Crippen molar-refractivity contribution in [3.05, 3.63) is 40.9 Å². The van der Waals surface area contributed by atoms with Crippen molar-refractivity contribution in [3.8, 4) is 5.69 Å². The fourth-order valence-electron chi connectivity index (χ4n) is 2.14. The second-order valence-corrected chi connectivity index (χ2v) is 5.57. The summed E-state index contributed by atoms with van der Waals surface area (Å²) in [4.78, 5) is 28.3. The Morgan fingerprint density at radius 3 is 2.62 bits per heavy atom. The van der Waals surface area contributed by atoms with Crippen LogP contribution in [0, 0.1) is 0 Å². The van der Waals surface area contributed by atoms with Gasteiger partial charge in [0, 0.05) is 13.0 Å². The highest BCUT2D eigenvalue weighted by atomic mass is 35.5. The predicted octanol–water partition coefficient (Wildman–Crippen LogP) is 1.74. The van der Waals surface area contributed by atoms with E-state index in [-0.39, 0.29) is 11.7 Å². The van der Waals surface area contributed by atoms with Crippen LogP contribution in [0.15, 0.2) is 24.3 Å². The first-order valence-electron chi connectivity index (χ1n) is 7.77. The van der Waals surface area contributed by atoms with Crippen LogP contribution >= 0.6 is 11.6 Å². The number of halogens is 1. The van der Waals surface area contributed by atoms with Gasteiger partial charge >= 0.3 is 0 Å². The molecule has 1 aromatic carbocycles. The molecule has 2 N–H and O–H groups in total. The van der Waals surface area contributed by atoms with Gasteiger partial charge < -0.3 is 10.6 Å². The van der Waals surface area contributed by atoms with Crippen molar-refractivity contribution < 1.29 is 9.59 Å². The molecule has 2 rings (SSSR count). The first kappa shape index (κ1) is 17.9. The molecule has 24 heavy (non-hydrogen) atoms. The highest BCUT2D eigenvalue weighted by molar-refractivity contribution is 6.32. The topological polar surface area (TPSA) is 88.9 Å².